The smallest absolute Gasteiger partial charge is 0.0335 e. The summed E-state index contributed by atoms with van der Waals surface area (Å²) in [6, 6.07) is 2.31. The van der Waals surface area contributed by atoms with Crippen LogP contribution in [-0.2, 0) is 13.0 Å². The zero-order valence-corrected chi connectivity index (χ0v) is 12.0. The maximum absolute atomic E-state index is 6.19. The molecule has 0 bridgehead atoms. The lowest BCUT2D eigenvalue weighted by atomic mass is 9.86. The van der Waals surface area contributed by atoms with Gasteiger partial charge in [-0.3, -0.25) is 4.90 Å². The van der Waals surface area contributed by atoms with Crippen molar-refractivity contribution < 1.29 is 0 Å². The Balaban J connectivity index is 1.80. The van der Waals surface area contributed by atoms with Gasteiger partial charge in [0, 0.05) is 30.1 Å². The molecular formula is C15H24N2S. The van der Waals surface area contributed by atoms with Crippen LogP contribution in [0.25, 0.3) is 0 Å². The van der Waals surface area contributed by atoms with Crippen LogP contribution < -0.4 is 5.73 Å². The molecule has 2 aliphatic rings. The molecule has 100 valence electrons. The highest BCUT2D eigenvalue weighted by molar-refractivity contribution is 7.10. The largest absolute Gasteiger partial charge is 0.329 e. The van der Waals surface area contributed by atoms with Gasteiger partial charge in [0.25, 0.3) is 0 Å². The average molecular weight is 264 g/mol. The molecule has 2 heterocycles. The van der Waals surface area contributed by atoms with Crippen LogP contribution in [0.5, 0.6) is 0 Å². The van der Waals surface area contributed by atoms with E-state index in [9.17, 15) is 0 Å². The molecule has 0 saturated heterocycles. The Morgan fingerprint density at radius 2 is 2.00 bits per heavy atom. The molecule has 0 aromatic carbocycles. The molecule has 1 aromatic heterocycles. The summed E-state index contributed by atoms with van der Waals surface area (Å²) in [4.78, 5) is 4.31. The number of nitrogens with two attached hydrogens (primary N) is 1. The molecular weight excluding hydrogens is 240 g/mol. The second kappa shape index (κ2) is 5.32. The second-order valence-electron chi connectivity index (χ2n) is 5.88. The molecule has 1 aromatic rings. The van der Waals surface area contributed by atoms with Crippen LogP contribution >= 0.6 is 11.3 Å². The van der Waals surface area contributed by atoms with Crippen LogP contribution in [-0.4, -0.2) is 23.5 Å². The maximum atomic E-state index is 6.19. The first-order valence-electron chi connectivity index (χ1n) is 7.34. The van der Waals surface area contributed by atoms with Gasteiger partial charge in [-0.2, -0.15) is 0 Å². The Kier molecular flexibility index (Phi) is 3.73. The summed E-state index contributed by atoms with van der Waals surface area (Å²) >= 11 is 1.93. The first kappa shape index (κ1) is 12.6. The minimum absolute atomic E-state index is 0.302. The lowest BCUT2D eigenvalue weighted by Gasteiger charge is -2.45. The second-order valence-corrected chi connectivity index (χ2v) is 6.88. The number of rotatable bonds is 2. The van der Waals surface area contributed by atoms with Crippen molar-refractivity contribution in [2.75, 3.05) is 13.1 Å². The molecule has 0 unspecified atom stereocenters. The molecule has 3 heteroatoms. The van der Waals surface area contributed by atoms with Crippen molar-refractivity contribution in [3.8, 4) is 0 Å². The fraction of sp³-hybridized carbons (Fsp3) is 0.733. The number of hydrogen-bond donors (Lipinski definition) is 1. The molecule has 2 nitrogen and oxygen atoms in total. The molecule has 0 spiro atoms. The molecule has 3 rings (SSSR count). The van der Waals surface area contributed by atoms with E-state index in [0.29, 0.717) is 5.54 Å². The Morgan fingerprint density at radius 1 is 1.22 bits per heavy atom. The topological polar surface area (TPSA) is 29.3 Å². The fourth-order valence-electron chi connectivity index (χ4n) is 3.69. The Labute approximate surface area is 114 Å². The molecule has 2 N–H and O–H groups in total. The summed E-state index contributed by atoms with van der Waals surface area (Å²) in [7, 11) is 0. The Morgan fingerprint density at radius 3 is 2.72 bits per heavy atom. The predicted molar refractivity (Wildman–Crippen MR) is 77.9 cm³/mol. The van der Waals surface area contributed by atoms with Crippen molar-refractivity contribution in [1.82, 2.24) is 4.90 Å². The maximum Gasteiger partial charge on any atom is 0.0335 e. The van der Waals surface area contributed by atoms with Gasteiger partial charge in [0.2, 0.25) is 0 Å². The van der Waals surface area contributed by atoms with Gasteiger partial charge in [-0.1, -0.05) is 25.7 Å². The van der Waals surface area contributed by atoms with Crippen molar-refractivity contribution in [3.63, 3.8) is 0 Å². The van der Waals surface area contributed by atoms with Crippen molar-refractivity contribution in [2.45, 2.75) is 57.0 Å². The quantitative estimate of drug-likeness (QED) is 0.831. The van der Waals surface area contributed by atoms with Gasteiger partial charge in [0.1, 0.15) is 0 Å². The van der Waals surface area contributed by atoms with E-state index in [1.165, 1.54) is 51.5 Å². The molecule has 1 fully saturated rings. The summed E-state index contributed by atoms with van der Waals surface area (Å²) in [5, 5.41) is 2.25. The molecule has 0 amide bonds. The first-order valence-corrected chi connectivity index (χ1v) is 8.22. The van der Waals surface area contributed by atoms with Crippen LogP contribution in [0.15, 0.2) is 11.4 Å². The van der Waals surface area contributed by atoms with Crippen molar-refractivity contribution in [2.24, 2.45) is 5.73 Å². The number of nitrogens with zero attached hydrogens (tertiary/aromatic N) is 1. The van der Waals surface area contributed by atoms with Crippen LogP contribution in [0.2, 0.25) is 0 Å². The van der Waals surface area contributed by atoms with Gasteiger partial charge in [-0.15, -0.1) is 11.3 Å². The third kappa shape index (κ3) is 2.24. The van der Waals surface area contributed by atoms with Gasteiger partial charge in [-0.25, -0.2) is 0 Å². The van der Waals surface area contributed by atoms with Gasteiger partial charge in [0.05, 0.1) is 0 Å². The summed E-state index contributed by atoms with van der Waals surface area (Å²) in [5.41, 5.74) is 8.06. The molecule has 1 aliphatic carbocycles. The average Bonchev–Trinajstić information content (AvgIpc) is 2.74. The molecule has 0 radical (unpaired) electrons. The van der Waals surface area contributed by atoms with E-state index in [1.54, 1.807) is 10.4 Å². The normalized spacial score (nSPS) is 24.5. The number of fused-ring (bicyclic) bond motifs is 1. The summed E-state index contributed by atoms with van der Waals surface area (Å²) in [6.45, 7) is 3.19. The lowest BCUT2D eigenvalue weighted by molar-refractivity contribution is 0.0651. The van der Waals surface area contributed by atoms with E-state index in [1.807, 2.05) is 11.3 Å². The third-order valence-corrected chi connectivity index (χ3v) is 5.92. The summed E-state index contributed by atoms with van der Waals surface area (Å²) < 4.78 is 0. The summed E-state index contributed by atoms with van der Waals surface area (Å²) in [6.07, 6.45) is 9.38. The van der Waals surface area contributed by atoms with Gasteiger partial charge in [-0.05, 0) is 36.3 Å². The van der Waals surface area contributed by atoms with Gasteiger partial charge < -0.3 is 5.73 Å². The monoisotopic (exact) mass is 264 g/mol. The summed E-state index contributed by atoms with van der Waals surface area (Å²) in [5.74, 6) is 0. The highest BCUT2D eigenvalue weighted by atomic mass is 32.1. The third-order valence-electron chi connectivity index (χ3n) is 4.89. The zero-order chi connectivity index (χ0) is 12.4. The van der Waals surface area contributed by atoms with Crippen LogP contribution in [0.3, 0.4) is 0 Å². The Bertz CT molecular complexity index is 391. The number of thiophene rings is 1. The van der Waals surface area contributed by atoms with E-state index in [4.69, 9.17) is 5.73 Å². The minimum atomic E-state index is 0.302. The fourth-order valence-corrected chi connectivity index (χ4v) is 4.58. The highest BCUT2D eigenvalue weighted by Gasteiger charge is 2.37. The number of hydrogen-bond acceptors (Lipinski definition) is 3. The standard InChI is InChI=1S/C15H24N2S/c16-12-15(7-3-1-2-4-8-15)17-9-5-14-13(11-17)6-10-18-14/h6,10H,1-5,7-9,11-12,16H2. The van der Waals surface area contributed by atoms with Crippen molar-refractivity contribution in [3.05, 3.63) is 21.9 Å². The van der Waals surface area contributed by atoms with Crippen LogP contribution in [0.4, 0.5) is 0 Å². The lowest BCUT2D eigenvalue weighted by Crippen LogP contribution is -2.54. The van der Waals surface area contributed by atoms with E-state index in [-0.39, 0.29) is 0 Å². The van der Waals surface area contributed by atoms with E-state index >= 15 is 0 Å². The van der Waals surface area contributed by atoms with Crippen molar-refractivity contribution >= 4 is 11.3 Å². The van der Waals surface area contributed by atoms with E-state index < -0.39 is 0 Å². The Hall–Kier alpha value is -0.380. The van der Waals surface area contributed by atoms with Crippen LogP contribution in [0.1, 0.15) is 49.0 Å². The van der Waals surface area contributed by atoms with Gasteiger partial charge in [0.15, 0.2) is 0 Å². The van der Waals surface area contributed by atoms with E-state index in [0.717, 1.165) is 13.1 Å². The SMILES string of the molecule is NCC1(N2CCc3sccc3C2)CCCCCC1. The van der Waals surface area contributed by atoms with Crippen molar-refractivity contribution in [1.29, 1.82) is 0 Å². The zero-order valence-electron chi connectivity index (χ0n) is 11.2. The molecule has 0 atom stereocenters. The molecule has 18 heavy (non-hydrogen) atoms. The highest BCUT2D eigenvalue weighted by Crippen LogP contribution is 2.36. The molecule has 1 saturated carbocycles. The van der Waals surface area contributed by atoms with Gasteiger partial charge >= 0.3 is 0 Å². The molecule has 1 aliphatic heterocycles. The predicted octanol–water partition coefficient (Wildman–Crippen LogP) is 3.16. The van der Waals surface area contributed by atoms with E-state index in [2.05, 4.69) is 16.3 Å². The first-order chi connectivity index (χ1) is 8.84. The minimum Gasteiger partial charge on any atom is -0.329 e. The van der Waals surface area contributed by atoms with Crippen LogP contribution in [0, 0.1) is 0 Å².